The second kappa shape index (κ2) is 8.45. The van der Waals surface area contributed by atoms with E-state index < -0.39 is 11.6 Å². The summed E-state index contributed by atoms with van der Waals surface area (Å²) in [5.41, 5.74) is 1.98. The summed E-state index contributed by atoms with van der Waals surface area (Å²) in [4.78, 5) is 2.55. The molecular weight excluding hydrogens is 350 g/mol. The van der Waals surface area contributed by atoms with Gasteiger partial charge in [0.2, 0.25) is 5.82 Å². The number of benzene rings is 2. The summed E-state index contributed by atoms with van der Waals surface area (Å²) in [5.74, 6) is -1.83. The number of ether oxygens (including phenoxy) is 1. The summed E-state index contributed by atoms with van der Waals surface area (Å²) in [6, 6.07) is 14.9. The van der Waals surface area contributed by atoms with Gasteiger partial charge >= 0.3 is 0 Å². The number of rotatable bonds is 7. The lowest BCUT2D eigenvalue weighted by atomic mass is 10.0. The second-order valence-corrected chi connectivity index (χ2v) is 7.35. The fourth-order valence-corrected chi connectivity index (χ4v) is 3.92. The number of hydrogen-bond donors (Lipinski definition) is 0. The lowest BCUT2D eigenvalue weighted by molar-refractivity contribution is 0.295. The number of aryl methyl sites for hydroxylation is 1. The van der Waals surface area contributed by atoms with Crippen LogP contribution in [0, 0.1) is 11.6 Å². The van der Waals surface area contributed by atoms with Gasteiger partial charge in [0.15, 0.2) is 11.6 Å². The van der Waals surface area contributed by atoms with Crippen LogP contribution in [0.15, 0.2) is 48.5 Å². The van der Waals surface area contributed by atoms with Crippen molar-refractivity contribution in [1.29, 1.82) is 0 Å². The van der Waals surface area contributed by atoms with Crippen LogP contribution < -0.4 is 4.74 Å². The maximum atomic E-state index is 14.4. The third kappa shape index (κ3) is 3.96. The highest BCUT2D eigenvalue weighted by atomic mass is 32.1. The van der Waals surface area contributed by atoms with Gasteiger partial charge in [-0.05, 0) is 48.2 Å². The van der Waals surface area contributed by atoms with Crippen LogP contribution in [-0.4, -0.2) is 6.61 Å². The van der Waals surface area contributed by atoms with Crippen LogP contribution in [0.4, 0.5) is 8.78 Å². The van der Waals surface area contributed by atoms with E-state index in [1.54, 1.807) is 17.4 Å². The zero-order valence-electron chi connectivity index (χ0n) is 15.0. The lowest BCUT2D eigenvalue weighted by Crippen LogP contribution is -2.00. The van der Waals surface area contributed by atoms with Crippen LogP contribution in [0.5, 0.6) is 5.75 Å². The van der Waals surface area contributed by atoms with E-state index >= 15 is 0 Å². The van der Waals surface area contributed by atoms with E-state index in [0.29, 0.717) is 12.2 Å². The predicted molar refractivity (Wildman–Crippen MR) is 105 cm³/mol. The van der Waals surface area contributed by atoms with E-state index in [-0.39, 0.29) is 11.3 Å². The van der Waals surface area contributed by atoms with Gasteiger partial charge in [-0.1, -0.05) is 44.5 Å². The molecule has 0 amide bonds. The quantitative estimate of drug-likeness (QED) is 0.430. The molecule has 136 valence electrons. The molecule has 3 rings (SSSR count). The Morgan fingerprint density at radius 3 is 2.23 bits per heavy atom. The Kier molecular flexibility index (Phi) is 6.04. The first-order valence-electron chi connectivity index (χ1n) is 8.94. The van der Waals surface area contributed by atoms with Crippen LogP contribution in [0.1, 0.15) is 31.6 Å². The van der Waals surface area contributed by atoms with Crippen molar-refractivity contribution in [2.75, 3.05) is 6.61 Å². The number of thiophene rings is 1. The molecule has 0 fully saturated rings. The fraction of sp³-hybridized carbons (Fsp3) is 0.273. The molecule has 0 unspecified atom stereocenters. The molecule has 1 nitrogen and oxygen atoms in total. The summed E-state index contributed by atoms with van der Waals surface area (Å²) in [6.45, 7) is 4.45. The standard InChI is InChI=1S/C22H22F2OS/c1-3-5-17-10-13-20(26-17)16-8-6-15(7-9-16)18-11-12-19(25-14-4-2)22(24)21(18)23/h6-13H,3-5,14H2,1-2H3. The first-order valence-corrected chi connectivity index (χ1v) is 9.76. The summed E-state index contributed by atoms with van der Waals surface area (Å²) in [5, 5.41) is 0. The van der Waals surface area contributed by atoms with Gasteiger partial charge in [0.1, 0.15) is 0 Å². The molecule has 0 aliphatic carbocycles. The monoisotopic (exact) mass is 372 g/mol. The molecule has 0 bridgehead atoms. The number of halogens is 2. The molecule has 0 aliphatic heterocycles. The summed E-state index contributed by atoms with van der Waals surface area (Å²) in [6.07, 6.45) is 2.95. The van der Waals surface area contributed by atoms with Crippen molar-refractivity contribution in [2.24, 2.45) is 0 Å². The molecule has 0 atom stereocenters. The summed E-state index contributed by atoms with van der Waals surface area (Å²) >= 11 is 1.78. The van der Waals surface area contributed by atoms with Crippen molar-refractivity contribution in [3.8, 4) is 27.3 Å². The Morgan fingerprint density at radius 1 is 0.808 bits per heavy atom. The van der Waals surface area contributed by atoms with Crippen molar-refractivity contribution < 1.29 is 13.5 Å². The maximum Gasteiger partial charge on any atom is 0.201 e. The minimum atomic E-state index is -0.928. The highest BCUT2D eigenvalue weighted by Gasteiger charge is 2.16. The van der Waals surface area contributed by atoms with E-state index in [2.05, 4.69) is 19.1 Å². The largest absolute Gasteiger partial charge is 0.490 e. The average molecular weight is 372 g/mol. The third-order valence-electron chi connectivity index (χ3n) is 4.15. The fourth-order valence-electron chi connectivity index (χ4n) is 2.81. The molecule has 0 saturated heterocycles. The topological polar surface area (TPSA) is 9.23 Å². The molecule has 0 spiro atoms. The average Bonchev–Trinajstić information content (AvgIpc) is 3.12. The lowest BCUT2D eigenvalue weighted by Gasteiger charge is -2.10. The van der Waals surface area contributed by atoms with Gasteiger partial charge in [-0.2, -0.15) is 4.39 Å². The third-order valence-corrected chi connectivity index (χ3v) is 5.34. The van der Waals surface area contributed by atoms with Crippen LogP contribution in [0.2, 0.25) is 0 Å². The Labute approximate surface area is 157 Å². The molecule has 0 saturated carbocycles. The minimum absolute atomic E-state index is 0.0354. The van der Waals surface area contributed by atoms with Gasteiger partial charge in [-0.15, -0.1) is 11.3 Å². The van der Waals surface area contributed by atoms with Gasteiger partial charge in [-0.25, -0.2) is 4.39 Å². The zero-order valence-corrected chi connectivity index (χ0v) is 15.8. The van der Waals surface area contributed by atoms with E-state index in [0.717, 1.165) is 24.8 Å². The van der Waals surface area contributed by atoms with Crippen molar-refractivity contribution in [3.63, 3.8) is 0 Å². The maximum absolute atomic E-state index is 14.4. The van der Waals surface area contributed by atoms with E-state index in [1.807, 2.05) is 31.2 Å². The zero-order chi connectivity index (χ0) is 18.5. The van der Waals surface area contributed by atoms with Gasteiger partial charge in [-0.3, -0.25) is 0 Å². The van der Waals surface area contributed by atoms with E-state index in [1.165, 1.54) is 15.8 Å². The molecule has 1 heterocycles. The highest BCUT2D eigenvalue weighted by Crippen LogP contribution is 2.33. The Morgan fingerprint density at radius 2 is 1.54 bits per heavy atom. The van der Waals surface area contributed by atoms with Crippen molar-refractivity contribution in [3.05, 3.63) is 65.0 Å². The van der Waals surface area contributed by atoms with Crippen LogP contribution in [0.3, 0.4) is 0 Å². The van der Waals surface area contributed by atoms with Crippen LogP contribution in [0.25, 0.3) is 21.6 Å². The Bertz CT molecular complexity index is 868. The molecular formula is C22H22F2OS. The van der Waals surface area contributed by atoms with Gasteiger partial charge in [0.05, 0.1) is 6.61 Å². The molecule has 0 N–H and O–H groups in total. The van der Waals surface area contributed by atoms with Crippen LogP contribution >= 0.6 is 11.3 Å². The first kappa shape index (κ1) is 18.6. The molecule has 2 aromatic carbocycles. The van der Waals surface area contributed by atoms with Crippen molar-refractivity contribution in [1.82, 2.24) is 0 Å². The van der Waals surface area contributed by atoms with E-state index in [4.69, 9.17) is 4.74 Å². The first-order chi connectivity index (χ1) is 12.6. The molecule has 0 radical (unpaired) electrons. The van der Waals surface area contributed by atoms with Crippen molar-refractivity contribution in [2.45, 2.75) is 33.1 Å². The predicted octanol–water partition coefficient (Wildman–Crippen LogP) is 7.10. The van der Waals surface area contributed by atoms with Crippen molar-refractivity contribution >= 4 is 11.3 Å². The van der Waals surface area contributed by atoms with Crippen LogP contribution in [-0.2, 0) is 6.42 Å². The summed E-state index contributed by atoms with van der Waals surface area (Å²) in [7, 11) is 0. The van der Waals surface area contributed by atoms with Gasteiger partial charge in [0.25, 0.3) is 0 Å². The SMILES string of the molecule is CCCOc1ccc(-c2ccc(-c3ccc(CCC)s3)cc2)c(F)c1F. The second-order valence-electron chi connectivity index (χ2n) is 6.18. The normalized spacial score (nSPS) is 10.9. The van der Waals surface area contributed by atoms with Gasteiger partial charge in [0, 0.05) is 15.3 Å². The Hall–Kier alpha value is -2.20. The highest BCUT2D eigenvalue weighted by molar-refractivity contribution is 7.15. The molecule has 4 heteroatoms. The minimum Gasteiger partial charge on any atom is -0.490 e. The molecule has 0 aliphatic rings. The van der Waals surface area contributed by atoms with Gasteiger partial charge < -0.3 is 4.74 Å². The molecule has 26 heavy (non-hydrogen) atoms. The smallest absolute Gasteiger partial charge is 0.201 e. The number of hydrogen-bond acceptors (Lipinski definition) is 2. The Balaban J connectivity index is 1.85. The summed E-state index contributed by atoms with van der Waals surface area (Å²) < 4.78 is 33.9. The molecule has 3 aromatic rings. The molecule has 1 aromatic heterocycles. The van der Waals surface area contributed by atoms with E-state index in [9.17, 15) is 8.78 Å².